The number of benzene rings is 2. The van der Waals surface area contributed by atoms with Crippen molar-refractivity contribution in [2.75, 3.05) is 5.75 Å². The largest absolute Gasteiger partial charge is 0.353 e. The molecule has 2 heterocycles. The van der Waals surface area contributed by atoms with E-state index in [1.807, 2.05) is 24.3 Å². The molecule has 1 aliphatic rings. The first-order chi connectivity index (χ1) is 15.6. The van der Waals surface area contributed by atoms with Crippen molar-refractivity contribution in [1.29, 1.82) is 0 Å². The fourth-order valence-electron chi connectivity index (χ4n) is 4.30. The van der Waals surface area contributed by atoms with Gasteiger partial charge in [0, 0.05) is 22.0 Å². The van der Waals surface area contributed by atoms with Gasteiger partial charge in [0.25, 0.3) is 5.56 Å². The van der Waals surface area contributed by atoms with Crippen LogP contribution in [-0.4, -0.2) is 32.2 Å². The third-order valence-corrected chi connectivity index (χ3v) is 7.07. The predicted octanol–water partition coefficient (Wildman–Crippen LogP) is 5.06. The Morgan fingerprint density at radius 3 is 2.66 bits per heavy atom. The Kier molecular flexibility index (Phi) is 5.93. The molecule has 1 fully saturated rings. The summed E-state index contributed by atoms with van der Waals surface area (Å²) in [5, 5.41) is 5.08. The van der Waals surface area contributed by atoms with Gasteiger partial charge in [-0.15, -0.1) is 0 Å². The average molecular weight is 467 g/mol. The van der Waals surface area contributed by atoms with E-state index in [1.165, 1.54) is 18.2 Å². The lowest BCUT2D eigenvalue weighted by atomic mass is 9.95. The Balaban J connectivity index is 1.53. The van der Waals surface area contributed by atoms with Crippen LogP contribution in [-0.2, 0) is 4.79 Å². The van der Waals surface area contributed by atoms with Gasteiger partial charge in [0.1, 0.15) is 11.0 Å². The highest BCUT2D eigenvalue weighted by atomic mass is 35.5. The minimum Gasteiger partial charge on any atom is -0.353 e. The number of aromatic amines is 1. The summed E-state index contributed by atoms with van der Waals surface area (Å²) in [5.74, 6) is 0.169. The number of thioether (sulfide) groups is 1. The minimum absolute atomic E-state index is 0.0298. The summed E-state index contributed by atoms with van der Waals surface area (Å²) in [6.07, 6.45) is 5.62. The number of para-hydroxylation sites is 1. The summed E-state index contributed by atoms with van der Waals surface area (Å²) < 4.78 is 1.55. The Morgan fingerprint density at radius 2 is 1.88 bits per heavy atom. The molecule has 164 valence electrons. The number of nitrogens with one attached hydrogen (secondary N) is 2. The third kappa shape index (κ3) is 4.14. The normalized spacial score (nSPS) is 14.8. The lowest BCUT2D eigenvalue weighted by Gasteiger charge is -2.22. The highest BCUT2D eigenvalue weighted by Crippen LogP contribution is 2.27. The highest BCUT2D eigenvalue weighted by Gasteiger charge is 2.20. The molecule has 6 nitrogen and oxygen atoms in total. The van der Waals surface area contributed by atoms with Crippen LogP contribution in [0.1, 0.15) is 32.1 Å². The van der Waals surface area contributed by atoms with Crippen LogP contribution in [0.3, 0.4) is 0 Å². The van der Waals surface area contributed by atoms with Crippen molar-refractivity contribution >= 4 is 51.2 Å². The van der Waals surface area contributed by atoms with Gasteiger partial charge in [-0.3, -0.25) is 14.2 Å². The van der Waals surface area contributed by atoms with Gasteiger partial charge in [0.15, 0.2) is 5.16 Å². The number of amides is 1. The first-order valence-electron chi connectivity index (χ1n) is 10.8. The van der Waals surface area contributed by atoms with Crippen molar-refractivity contribution in [2.45, 2.75) is 43.3 Å². The van der Waals surface area contributed by atoms with Crippen LogP contribution in [0.2, 0.25) is 5.02 Å². The molecule has 1 aliphatic carbocycles. The smallest absolute Gasteiger partial charge is 0.283 e. The van der Waals surface area contributed by atoms with Crippen molar-refractivity contribution in [2.24, 2.45) is 0 Å². The molecule has 0 unspecified atom stereocenters. The van der Waals surface area contributed by atoms with Gasteiger partial charge in [0.2, 0.25) is 5.91 Å². The number of hydrogen-bond acceptors (Lipinski definition) is 4. The lowest BCUT2D eigenvalue weighted by molar-refractivity contribution is -0.119. The van der Waals surface area contributed by atoms with Gasteiger partial charge in [0.05, 0.1) is 11.4 Å². The number of carbonyl (C=O) groups excluding carboxylic acids is 1. The highest BCUT2D eigenvalue weighted by molar-refractivity contribution is 7.99. The number of aromatic nitrogens is 3. The second kappa shape index (κ2) is 9.00. The predicted molar refractivity (Wildman–Crippen MR) is 130 cm³/mol. The summed E-state index contributed by atoms with van der Waals surface area (Å²) in [7, 11) is 0. The molecule has 0 radical (unpaired) electrons. The second-order valence-corrected chi connectivity index (χ2v) is 9.48. The van der Waals surface area contributed by atoms with Crippen molar-refractivity contribution in [3.05, 3.63) is 63.9 Å². The zero-order valence-electron chi connectivity index (χ0n) is 17.4. The summed E-state index contributed by atoms with van der Waals surface area (Å²) in [4.78, 5) is 34.2. The van der Waals surface area contributed by atoms with Gasteiger partial charge >= 0.3 is 0 Å². The number of hydrogen-bond donors (Lipinski definition) is 2. The first-order valence-corrected chi connectivity index (χ1v) is 12.2. The molecule has 0 spiro atoms. The zero-order chi connectivity index (χ0) is 22.1. The van der Waals surface area contributed by atoms with E-state index in [1.54, 1.807) is 28.8 Å². The summed E-state index contributed by atoms with van der Waals surface area (Å²) in [5.41, 5.74) is 2.36. The average Bonchev–Trinajstić information content (AvgIpc) is 3.18. The summed E-state index contributed by atoms with van der Waals surface area (Å²) in [6, 6.07) is 15.0. The SMILES string of the molecule is O=C(CSc1nc2c([nH]c3ccccc32)c(=O)n1-c1ccc(Cl)cc1)NC1CCCCC1. The van der Waals surface area contributed by atoms with E-state index in [2.05, 4.69) is 10.3 Å². The quantitative estimate of drug-likeness (QED) is 0.318. The Morgan fingerprint density at radius 1 is 1.12 bits per heavy atom. The van der Waals surface area contributed by atoms with Gasteiger partial charge in [-0.2, -0.15) is 0 Å². The summed E-state index contributed by atoms with van der Waals surface area (Å²) in [6.45, 7) is 0. The van der Waals surface area contributed by atoms with E-state index in [9.17, 15) is 9.59 Å². The van der Waals surface area contributed by atoms with E-state index < -0.39 is 0 Å². The Bertz CT molecular complexity index is 1340. The van der Waals surface area contributed by atoms with Crippen molar-refractivity contribution < 1.29 is 4.79 Å². The Labute approximate surface area is 194 Å². The minimum atomic E-state index is -0.205. The topological polar surface area (TPSA) is 79.8 Å². The van der Waals surface area contributed by atoms with Crippen molar-refractivity contribution in [3.8, 4) is 5.69 Å². The maximum absolute atomic E-state index is 13.5. The van der Waals surface area contributed by atoms with Gasteiger partial charge in [-0.1, -0.05) is 60.8 Å². The van der Waals surface area contributed by atoms with Crippen LogP contribution in [0, 0.1) is 0 Å². The third-order valence-electron chi connectivity index (χ3n) is 5.88. The maximum atomic E-state index is 13.5. The molecule has 0 saturated heterocycles. The van der Waals surface area contributed by atoms with Crippen LogP contribution in [0.5, 0.6) is 0 Å². The molecule has 32 heavy (non-hydrogen) atoms. The molecule has 5 rings (SSSR count). The lowest BCUT2D eigenvalue weighted by Crippen LogP contribution is -2.37. The standard InChI is InChI=1S/C24H23ClN4O2S/c25-15-10-12-17(13-11-15)29-23(31)22-21(18-8-4-5-9-19(18)27-22)28-24(29)32-14-20(30)26-16-6-2-1-3-7-16/h4-5,8-13,16,27H,1-3,6-7,14H2,(H,26,30). The van der Waals surface area contributed by atoms with Crippen molar-refractivity contribution in [1.82, 2.24) is 19.9 Å². The number of nitrogens with zero attached hydrogens (tertiary/aromatic N) is 2. The molecule has 1 amide bonds. The number of rotatable bonds is 5. The Hall–Kier alpha value is -2.77. The monoisotopic (exact) mass is 466 g/mol. The summed E-state index contributed by atoms with van der Waals surface area (Å²) >= 11 is 7.33. The van der Waals surface area contributed by atoms with Crippen LogP contribution >= 0.6 is 23.4 Å². The molecule has 1 saturated carbocycles. The molecule has 0 aliphatic heterocycles. The van der Waals surface area contributed by atoms with Gasteiger partial charge < -0.3 is 10.3 Å². The van der Waals surface area contributed by atoms with Gasteiger partial charge in [-0.25, -0.2) is 4.98 Å². The van der Waals surface area contributed by atoms with E-state index >= 15 is 0 Å². The van der Waals surface area contributed by atoms with Crippen LogP contribution in [0.25, 0.3) is 27.6 Å². The molecule has 4 aromatic rings. The maximum Gasteiger partial charge on any atom is 0.283 e. The second-order valence-electron chi connectivity index (χ2n) is 8.10. The fourth-order valence-corrected chi connectivity index (χ4v) is 5.25. The molecular weight excluding hydrogens is 444 g/mol. The number of carbonyl (C=O) groups is 1. The van der Waals surface area contributed by atoms with E-state index in [0.717, 1.165) is 36.6 Å². The van der Waals surface area contributed by atoms with E-state index in [0.29, 0.717) is 26.9 Å². The van der Waals surface area contributed by atoms with E-state index in [-0.39, 0.29) is 23.3 Å². The molecule has 2 N–H and O–H groups in total. The number of H-pyrrole nitrogens is 1. The molecule has 0 bridgehead atoms. The molecular formula is C24H23ClN4O2S. The first kappa shape index (κ1) is 21.1. The fraction of sp³-hybridized carbons (Fsp3) is 0.292. The number of halogens is 1. The zero-order valence-corrected chi connectivity index (χ0v) is 19.0. The van der Waals surface area contributed by atoms with Crippen LogP contribution in [0.15, 0.2) is 58.5 Å². The van der Waals surface area contributed by atoms with E-state index in [4.69, 9.17) is 16.6 Å². The molecule has 0 atom stereocenters. The van der Waals surface area contributed by atoms with Crippen molar-refractivity contribution in [3.63, 3.8) is 0 Å². The number of fused-ring (bicyclic) bond motifs is 3. The van der Waals surface area contributed by atoms with Crippen LogP contribution in [0.4, 0.5) is 0 Å². The van der Waals surface area contributed by atoms with Gasteiger partial charge in [-0.05, 0) is 43.2 Å². The van der Waals surface area contributed by atoms with Crippen LogP contribution < -0.4 is 10.9 Å². The molecule has 8 heteroatoms. The molecule has 2 aromatic carbocycles. The molecule has 2 aromatic heterocycles.